The largest absolute Gasteiger partial charge is 0.355 e. The van der Waals surface area contributed by atoms with E-state index >= 15 is 0 Å². The van der Waals surface area contributed by atoms with Crippen LogP contribution in [0.3, 0.4) is 0 Å². The van der Waals surface area contributed by atoms with Gasteiger partial charge in [0, 0.05) is 45.7 Å². The van der Waals surface area contributed by atoms with Crippen LogP contribution in [0.1, 0.15) is 10.6 Å². The molecule has 2 aromatic carbocycles. The van der Waals surface area contributed by atoms with E-state index in [-0.39, 0.29) is 5.91 Å². The first-order valence-electron chi connectivity index (χ1n) is 9.86. The van der Waals surface area contributed by atoms with Crippen LogP contribution >= 0.6 is 11.3 Å². The average Bonchev–Trinajstić information content (AvgIpc) is 3.13. The first kappa shape index (κ1) is 19.1. The van der Waals surface area contributed by atoms with E-state index in [1.807, 2.05) is 18.2 Å². The van der Waals surface area contributed by atoms with Crippen LogP contribution in [0, 0.1) is 0 Å². The molecule has 3 aromatic rings. The Labute approximate surface area is 170 Å². The molecule has 1 amide bonds. The van der Waals surface area contributed by atoms with Crippen LogP contribution in [-0.2, 0) is 17.8 Å². The van der Waals surface area contributed by atoms with E-state index in [9.17, 15) is 4.79 Å². The van der Waals surface area contributed by atoms with Gasteiger partial charge in [-0.2, -0.15) is 0 Å². The number of nitrogens with one attached hydrogen (secondary N) is 1. The second kappa shape index (κ2) is 9.28. The van der Waals surface area contributed by atoms with E-state index in [4.69, 9.17) is 0 Å². The van der Waals surface area contributed by atoms with Gasteiger partial charge in [0.05, 0.1) is 21.8 Å². The van der Waals surface area contributed by atoms with Crippen LogP contribution in [0.25, 0.3) is 10.2 Å². The summed E-state index contributed by atoms with van der Waals surface area (Å²) in [5, 5.41) is 4.13. The molecular weight excluding hydrogens is 368 g/mol. The lowest BCUT2D eigenvalue weighted by Crippen LogP contribution is -2.49. The molecule has 146 valence electrons. The molecule has 0 bridgehead atoms. The molecule has 1 aliphatic rings. The van der Waals surface area contributed by atoms with Crippen molar-refractivity contribution in [2.24, 2.45) is 0 Å². The highest BCUT2D eigenvalue weighted by Gasteiger charge is 2.18. The zero-order valence-electron chi connectivity index (χ0n) is 16.0. The number of fused-ring (bicyclic) bond motifs is 1. The zero-order chi connectivity index (χ0) is 19.2. The number of rotatable bonds is 7. The van der Waals surface area contributed by atoms with Crippen molar-refractivity contribution >= 4 is 27.5 Å². The molecule has 1 aromatic heterocycles. The van der Waals surface area contributed by atoms with Gasteiger partial charge in [-0.05, 0) is 17.7 Å². The zero-order valence-corrected chi connectivity index (χ0v) is 16.8. The van der Waals surface area contributed by atoms with Crippen molar-refractivity contribution in [3.8, 4) is 0 Å². The Morgan fingerprint density at radius 2 is 1.68 bits per heavy atom. The van der Waals surface area contributed by atoms with E-state index in [2.05, 4.69) is 56.5 Å². The summed E-state index contributed by atoms with van der Waals surface area (Å²) in [7, 11) is 0. The van der Waals surface area contributed by atoms with E-state index in [0.29, 0.717) is 13.1 Å². The lowest BCUT2D eigenvalue weighted by molar-refractivity contribution is -0.122. The number of hydrogen-bond donors (Lipinski definition) is 1. The molecule has 0 unspecified atom stereocenters. The summed E-state index contributed by atoms with van der Waals surface area (Å²) in [6.07, 6.45) is 0.788. The van der Waals surface area contributed by atoms with E-state index in [1.54, 1.807) is 11.3 Å². The maximum atomic E-state index is 12.3. The van der Waals surface area contributed by atoms with Gasteiger partial charge in [0.1, 0.15) is 0 Å². The van der Waals surface area contributed by atoms with Gasteiger partial charge < -0.3 is 5.32 Å². The van der Waals surface area contributed by atoms with Gasteiger partial charge >= 0.3 is 0 Å². The molecule has 1 aliphatic heterocycles. The minimum Gasteiger partial charge on any atom is -0.355 e. The van der Waals surface area contributed by atoms with E-state index < -0.39 is 0 Å². The molecule has 0 aliphatic carbocycles. The topological polar surface area (TPSA) is 48.5 Å². The fourth-order valence-corrected chi connectivity index (χ4v) is 4.51. The molecule has 0 atom stereocenters. The van der Waals surface area contributed by atoms with E-state index in [0.717, 1.165) is 49.7 Å². The number of thiazole rings is 1. The summed E-state index contributed by atoms with van der Waals surface area (Å²) in [5.74, 6) is 0.109. The summed E-state index contributed by atoms with van der Waals surface area (Å²) in [6.45, 7) is 6.02. The molecule has 1 saturated heterocycles. The Hall–Kier alpha value is -2.28. The third-order valence-electron chi connectivity index (χ3n) is 5.08. The number of hydrogen-bond acceptors (Lipinski definition) is 5. The smallest absolute Gasteiger partial charge is 0.234 e. The molecule has 28 heavy (non-hydrogen) atoms. The minimum absolute atomic E-state index is 0.109. The highest BCUT2D eigenvalue weighted by atomic mass is 32.1. The van der Waals surface area contributed by atoms with Crippen molar-refractivity contribution in [2.45, 2.75) is 13.0 Å². The standard InChI is InChI=1S/C22H26N4OS/c27-21(23-11-10-22-24-19-8-4-5-9-20(19)28-22)17-26-14-12-25(13-15-26)16-18-6-2-1-3-7-18/h1-9H,10-17H2,(H,23,27). The Kier molecular flexibility index (Phi) is 6.31. The quantitative estimate of drug-likeness (QED) is 0.669. The molecule has 0 radical (unpaired) electrons. The first-order valence-corrected chi connectivity index (χ1v) is 10.7. The van der Waals surface area contributed by atoms with Crippen LogP contribution in [0.4, 0.5) is 0 Å². The van der Waals surface area contributed by atoms with Crippen molar-refractivity contribution in [3.05, 3.63) is 65.2 Å². The molecule has 2 heterocycles. The predicted octanol–water partition coefficient (Wildman–Crippen LogP) is 2.77. The van der Waals surface area contributed by atoms with Crippen LogP contribution < -0.4 is 5.32 Å². The Morgan fingerprint density at radius 3 is 2.46 bits per heavy atom. The second-order valence-corrected chi connectivity index (χ2v) is 8.33. The monoisotopic (exact) mass is 394 g/mol. The van der Waals surface area contributed by atoms with Crippen LogP contribution in [0.5, 0.6) is 0 Å². The summed E-state index contributed by atoms with van der Waals surface area (Å²) in [4.78, 5) is 21.6. The van der Waals surface area contributed by atoms with Gasteiger partial charge in [0.25, 0.3) is 0 Å². The van der Waals surface area contributed by atoms with Crippen molar-refractivity contribution in [3.63, 3.8) is 0 Å². The van der Waals surface area contributed by atoms with Crippen LogP contribution in [-0.4, -0.2) is 60.0 Å². The number of amides is 1. The second-order valence-electron chi connectivity index (χ2n) is 7.21. The predicted molar refractivity (Wildman–Crippen MR) is 114 cm³/mol. The Balaban J connectivity index is 1.15. The van der Waals surface area contributed by atoms with Crippen molar-refractivity contribution in [2.75, 3.05) is 39.3 Å². The van der Waals surface area contributed by atoms with Gasteiger partial charge in [-0.25, -0.2) is 4.98 Å². The SMILES string of the molecule is O=C(CN1CCN(Cc2ccccc2)CC1)NCCc1nc2ccccc2s1. The van der Waals surface area contributed by atoms with Crippen molar-refractivity contribution < 1.29 is 4.79 Å². The Bertz CT molecular complexity index is 870. The molecule has 4 rings (SSSR count). The van der Waals surface area contributed by atoms with Crippen molar-refractivity contribution in [1.82, 2.24) is 20.1 Å². The number of benzene rings is 2. The summed E-state index contributed by atoms with van der Waals surface area (Å²) in [6, 6.07) is 18.7. The fraction of sp³-hybridized carbons (Fsp3) is 0.364. The highest BCUT2D eigenvalue weighted by Crippen LogP contribution is 2.21. The number of carbonyl (C=O) groups excluding carboxylic acids is 1. The van der Waals surface area contributed by atoms with Gasteiger partial charge in [-0.1, -0.05) is 42.5 Å². The summed E-state index contributed by atoms with van der Waals surface area (Å²) in [5.41, 5.74) is 2.39. The van der Waals surface area contributed by atoms with Crippen molar-refractivity contribution in [1.29, 1.82) is 0 Å². The number of aromatic nitrogens is 1. The number of para-hydroxylation sites is 1. The lowest BCUT2D eigenvalue weighted by Gasteiger charge is -2.34. The highest BCUT2D eigenvalue weighted by molar-refractivity contribution is 7.18. The third kappa shape index (κ3) is 5.16. The Morgan fingerprint density at radius 1 is 0.964 bits per heavy atom. The lowest BCUT2D eigenvalue weighted by atomic mass is 10.2. The molecule has 0 spiro atoms. The molecule has 1 N–H and O–H groups in total. The molecule has 1 fully saturated rings. The average molecular weight is 395 g/mol. The minimum atomic E-state index is 0.109. The molecule has 6 heteroatoms. The molecular formula is C22H26N4OS. The summed E-state index contributed by atoms with van der Waals surface area (Å²) >= 11 is 1.71. The maximum Gasteiger partial charge on any atom is 0.234 e. The first-order chi connectivity index (χ1) is 13.8. The maximum absolute atomic E-state index is 12.3. The van der Waals surface area contributed by atoms with Gasteiger partial charge in [0.2, 0.25) is 5.91 Å². The van der Waals surface area contributed by atoms with Crippen LogP contribution in [0.2, 0.25) is 0 Å². The number of carbonyl (C=O) groups is 1. The van der Waals surface area contributed by atoms with Gasteiger partial charge in [0.15, 0.2) is 0 Å². The fourth-order valence-electron chi connectivity index (χ4n) is 3.54. The number of nitrogens with zero attached hydrogens (tertiary/aromatic N) is 3. The molecule has 5 nitrogen and oxygen atoms in total. The van der Waals surface area contributed by atoms with Crippen LogP contribution in [0.15, 0.2) is 54.6 Å². The molecule has 0 saturated carbocycles. The van der Waals surface area contributed by atoms with Gasteiger partial charge in [-0.15, -0.1) is 11.3 Å². The summed E-state index contributed by atoms with van der Waals surface area (Å²) < 4.78 is 1.21. The normalized spacial score (nSPS) is 15.7. The third-order valence-corrected chi connectivity index (χ3v) is 6.18. The number of piperazine rings is 1. The van der Waals surface area contributed by atoms with Gasteiger partial charge in [-0.3, -0.25) is 14.6 Å². The van der Waals surface area contributed by atoms with E-state index in [1.165, 1.54) is 10.3 Å².